The second-order valence-electron chi connectivity index (χ2n) is 6.96. The standard InChI is InChI=1S/C21H20F2N4O5S/c1-13-18(19(28)26-33(2,29)30)25-21(31-13)27(16-9-7-14(11-24)8-10-16)12-15-5-3-4-6-17(15)32-20(22)23/h3-10,19-20,26,28H,12H2,1-2H3. The molecule has 0 radical (unpaired) electrons. The maximum Gasteiger partial charge on any atom is 0.387 e. The van der Waals surface area contributed by atoms with Crippen molar-refractivity contribution < 1.29 is 31.5 Å². The van der Waals surface area contributed by atoms with Gasteiger partial charge in [-0.2, -0.15) is 23.7 Å². The smallest absolute Gasteiger partial charge is 0.387 e. The van der Waals surface area contributed by atoms with E-state index in [9.17, 15) is 22.3 Å². The number of aliphatic hydroxyl groups excluding tert-OH is 1. The Kier molecular flexibility index (Phi) is 7.27. The second kappa shape index (κ2) is 9.95. The van der Waals surface area contributed by atoms with E-state index in [2.05, 4.69) is 9.72 Å². The summed E-state index contributed by atoms with van der Waals surface area (Å²) in [6.07, 6.45) is -0.773. The number of para-hydroxylation sites is 1. The lowest BCUT2D eigenvalue weighted by atomic mass is 10.1. The van der Waals surface area contributed by atoms with Gasteiger partial charge in [0.1, 0.15) is 17.2 Å². The molecule has 0 bridgehead atoms. The highest BCUT2D eigenvalue weighted by atomic mass is 32.2. The molecule has 1 unspecified atom stereocenters. The molecule has 174 valence electrons. The number of aromatic nitrogens is 1. The van der Waals surface area contributed by atoms with Crippen molar-refractivity contribution >= 4 is 21.7 Å². The number of hydrogen-bond donors (Lipinski definition) is 2. The van der Waals surface area contributed by atoms with Gasteiger partial charge in [-0.25, -0.2) is 8.42 Å². The Bertz CT molecular complexity index is 1260. The number of sulfonamides is 1. The summed E-state index contributed by atoms with van der Waals surface area (Å²) in [5.74, 6) is 0.0952. The highest BCUT2D eigenvalue weighted by Gasteiger charge is 2.25. The summed E-state index contributed by atoms with van der Waals surface area (Å²) in [5.41, 5.74) is 1.22. The molecule has 0 aliphatic carbocycles. The van der Waals surface area contributed by atoms with Crippen LogP contribution in [0, 0.1) is 18.3 Å². The van der Waals surface area contributed by atoms with Crippen molar-refractivity contribution in [1.82, 2.24) is 9.71 Å². The zero-order valence-corrected chi connectivity index (χ0v) is 18.4. The summed E-state index contributed by atoms with van der Waals surface area (Å²) in [6.45, 7) is -1.56. The third-order valence-electron chi connectivity index (χ3n) is 4.46. The monoisotopic (exact) mass is 478 g/mol. The molecule has 12 heteroatoms. The van der Waals surface area contributed by atoms with Crippen molar-refractivity contribution in [2.24, 2.45) is 0 Å². The number of hydrogen-bond acceptors (Lipinski definition) is 8. The Morgan fingerprint density at radius 1 is 1.24 bits per heavy atom. The quantitative estimate of drug-likeness (QED) is 0.448. The lowest BCUT2D eigenvalue weighted by Crippen LogP contribution is -2.28. The summed E-state index contributed by atoms with van der Waals surface area (Å²) in [7, 11) is -3.74. The number of benzene rings is 2. The van der Waals surface area contributed by atoms with Crippen LogP contribution >= 0.6 is 0 Å². The fourth-order valence-electron chi connectivity index (χ4n) is 3.02. The largest absolute Gasteiger partial charge is 0.434 e. The first-order valence-corrected chi connectivity index (χ1v) is 11.4. The van der Waals surface area contributed by atoms with Gasteiger partial charge in [0.2, 0.25) is 10.0 Å². The van der Waals surface area contributed by atoms with Gasteiger partial charge in [0.05, 0.1) is 24.4 Å². The highest BCUT2D eigenvalue weighted by Crippen LogP contribution is 2.32. The van der Waals surface area contributed by atoms with Gasteiger partial charge in [0, 0.05) is 11.3 Å². The summed E-state index contributed by atoms with van der Waals surface area (Å²) in [4.78, 5) is 5.74. The Morgan fingerprint density at radius 2 is 1.91 bits per heavy atom. The number of nitrogens with one attached hydrogen (secondary N) is 1. The van der Waals surface area contributed by atoms with Gasteiger partial charge in [-0.3, -0.25) is 4.90 Å². The van der Waals surface area contributed by atoms with Crippen LogP contribution in [-0.2, 0) is 16.6 Å². The van der Waals surface area contributed by atoms with E-state index in [0.717, 1.165) is 6.26 Å². The van der Waals surface area contributed by atoms with Crippen LogP contribution in [0.3, 0.4) is 0 Å². The minimum atomic E-state index is -3.74. The van der Waals surface area contributed by atoms with Gasteiger partial charge in [0.25, 0.3) is 0 Å². The van der Waals surface area contributed by atoms with Gasteiger partial charge in [-0.1, -0.05) is 18.2 Å². The molecule has 0 fully saturated rings. The fourth-order valence-corrected chi connectivity index (χ4v) is 3.54. The molecule has 1 aromatic heterocycles. The number of rotatable bonds is 9. The van der Waals surface area contributed by atoms with E-state index in [1.165, 1.54) is 17.9 Å². The third kappa shape index (κ3) is 6.26. The summed E-state index contributed by atoms with van der Waals surface area (Å²) < 4.78 is 61.0. The molecule has 0 saturated carbocycles. The van der Waals surface area contributed by atoms with Gasteiger partial charge in [-0.15, -0.1) is 0 Å². The predicted molar refractivity (Wildman–Crippen MR) is 114 cm³/mol. The number of oxazole rings is 1. The molecule has 2 aromatic carbocycles. The van der Waals surface area contributed by atoms with Crippen molar-refractivity contribution in [2.45, 2.75) is 26.3 Å². The van der Waals surface area contributed by atoms with E-state index in [1.54, 1.807) is 42.5 Å². The van der Waals surface area contributed by atoms with Crippen LogP contribution < -0.4 is 14.4 Å². The molecule has 1 heterocycles. The van der Waals surface area contributed by atoms with E-state index in [1.807, 2.05) is 10.8 Å². The molecule has 2 N–H and O–H groups in total. The first-order chi connectivity index (χ1) is 15.6. The molecular formula is C21H20F2N4O5S. The number of ether oxygens (including phenoxy) is 1. The van der Waals surface area contributed by atoms with Gasteiger partial charge in [-0.05, 0) is 37.3 Å². The van der Waals surface area contributed by atoms with E-state index in [-0.39, 0.29) is 29.8 Å². The molecule has 33 heavy (non-hydrogen) atoms. The van der Waals surface area contributed by atoms with Crippen LogP contribution in [0.5, 0.6) is 5.75 Å². The molecule has 1 atom stereocenters. The van der Waals surface area contributed by atoms with E-state index in [0.29, 0.717) is 16.8 Å². The van der Waals surface area contributed by atoms with Gasteiger partial charge < -0.3 is 14.3 Å². The highest BCUT2D eigenvalue weighted by molar-refractivity contribution is 7.88. The van der Waals surface area contributed by atoms with Crippen molar-refractivity contribution in [1.29, 1.82) is 5.26 Å². The van der Waals surface area contributed by atoms with E-state index < -0.39 is 22.9 Å². The lowest BCUT2D eigenvalue weighted by molar-refractivity contribution is -0.0504. The first kappa shape index (κ1) is 24.1. The number of halogens is 2. The summed E-state index contributed by atoms with van der Waals surface area (Å²) in [6, 6.07) is 14.5. The molecule has 0 amide bonds. The number of aliphatic hydroxyl groups is 1. The third-order valence-corrected chi connectivity index (χ3v) is 5.11. The first-order valence-electron chi connectivity index (χ1n) is 9.50. The predicted octanol–water partition coefficient (Wildman–Crippen LogP) is 3.33. The maximum absolute atomic E-state index is 12.9. The van der Waals surface area contributed by atoms with Gasteiger partial charge in [0.15, 0.2) is 6.23 Å². The van der Waals surface area contributed by atoms with Gasteiger partial charge >= 0.3 is 12.6 Å². The Labute approximate surface area is 188 Å². The lowest BCUT2D eigenvalue weighted by Gasteiger charge is -2.22. The number of aryl methyl sites for hydroxylation is 1. The van der Waals surface area contributed by atoms with Crippen LogP contribution in [0.2, 0.25) is 0 Å². The Morgan fingerprint density at radius 3 is 2.52 bits per heavy atom. The molecule has 0 aliphatic heterocycles. The number of nitriles is 1. The SMILES string of the molecule is Cc1oc(N(Cc2ccccc2OC(F)F)c2ccc(C#N)cc2)nc1C(O)NS(C)(=O)=O. The number of alkyl halides is 2. The Hall–Kier alpha value is -3.53. The Balaban J connectivity index is 2.04. The van der Waals surface area contributed by atoms with E-state index >= 15 is 0 Å². The van der Waals surface area contributed by atoms with Crippen LogP contribution in [0.25, 0.3) is 0 Å². The zero-order valence-electron chi connectivity index (χ0n) is 17.6. The van der Waals surface area contributed by atoms with Crippen LogP contribution in [-0.4, -0.2) is 31.4 Å². The van der Waals surface area contributed by atoms with Crippen LogP contribution in [0.15, 0.2) is 52.9 Å². The summed E-state index contributed by atoms with van der Waals surface area (Å²) in [5, 5.41) is 19.3. The second-order valence-corrected chi connectivity index (χ2v) is 8.74. The minimum absolute atomic E-state index is 0.0240. The summed E-state index contributed by atoms with van der Waals surface area (Å²) >= 11 is 0. The number of anilines is 2. The average molecular weight is 478 g/mol. The van der Waals surface area contributed by atoms with Crippen LogP contribution in [0.1, 0.15) is 28.8 Å². The fraction of sp³-hybridized carbons (Fsp3) is 0.238. The molecule has 0 aliphatic rings. The molecule has 9 nitrogen and oxygen atoms in total. The number of nitrogens with zero attached hydrogens (tertiary/aromatic N) is 3. The van der Waals surface area contributed by atoms with Crippen molar-refractivity contribution in [3.05, 3.63) is 71.1 Å². The normalized spacial score (nSPS) is 12.4. The van der Waals surface area contributed by atoms with Crippen molar-refractivity contribution in [2.75, 3.05) is 11.2 Å². The minimum Gasteiger partial charge on any atom is -0.434 e. The molecule has 3 rings (SSSR count). The molecule has 3 aromatic rings. The van der Waals surface area contributed by atoms with Crippen LogP contribution in [0.4, 0.5) is 20.5 Å². The van der Waals surface area contributed by atoms with Crippen molar-refractivity contribution in [3.63, 3.8) is 0 Å². The van der Waals surface area contributed by atoms with E-state index in [4.69, 9.17) is 9.68 Å². The molecule has 0 spiro atoms. The average Bonchev–Trinajstić information content (AvgIpc) is 3.13. The van der Waals surface area contributed by atoms with Crippen molar-refractivity contribution in [3.8, 4) is 11.8 Å². The molecular weight excluding hydrogens is 458 g/mol. The maximum atomic E-state index is 12.9. The topological polar surface area (TPSA) is 129 Å². The molecule has 0 saturated heterocycles. The zero-order chi connectivity index (χ0) is 24.2.